The molecule has 1 N–H and O–H groups in total. The van der Waals surface area contributed by atoms with E-state index in [0.717, 1.165) is 44.3 Å². The number of carbonyl (C=O) groups excluding carboxylic acids is 1. The molecule has 1 amide bonds. The second kappa shape index (κ2) is 5.57. The Morgan fingerprint density at radius 3 is 2.30 bits per heavy atom. The smallest absolute Gasteiger partial charge is 0.256 e. The SMILES string of the molecule is O=C(c1cnc(NC2(c3cncnc3)CC2)nc1)N1CCCC1. The zero-order valence-corrected chi connectivity index (χ0v) is 12.8. The standard InChI is InChI=1S/C16H18N6O/c23-14(22-5-1-2-6-22)12-7-19-15(20-8-12)21-16(3-4-16)13-9-17-11-18-10-13/h7-11H,1-6H2,(H,19,20,21). The first kappa shape index (κ1) is 14.0. The third-order valence-corrected chi connectivity index (χ3v) is 4.51. The second-order valence-electron chi connectivity index (χ2n) is 6.13. The molecule has 0 atom stereocenters. The molecule has 1 aliphatic carbocycles. The molecule has 0 unspecified atom stereocenters. The lowest BCUT2D eigenvalue weighted by Gasteiger charge is -2.18. The lowest BCUT2D eigenvalue weighted by Crippen LogP contribution is -2.28. The van der Waals surface area contributed by atoms with Gasteiger partial charge in [-0.05, 0) is 25.7 Å². The van der Waals surface area contributed by atoms with E-state index in [0.29, 0.717) is 11.5 Å². The average Bonchev–Trinajstić information content (AvgIpc) is 3.18. The lowest BCUT2D eigenvalue weighted by atomic mass is 10.1. The van der Waals surface area contributed by atoms with Gasteiger partial charge in [0.2, 0.25) is 5.95 Å². The first-order valence-corrected chi connectivity index (χ1v) is 7.92. The maximum absolute atomic E-state index is 12.3. The highest BCUT2D eigenvalue weighted by atomic mass is 16.2. The topological polar surface area (TPSA) is 83.9 Å². The van der Waals surface area contributed by atoms with Crippen LogP contribution in [0.2, 0.25) is 0 Å². The molecule has 2 aromatic heterocycles. The van der Waals surface area contributed by atoms with Gasteiger partial charge in [0, 0.05) is 43.4 Å². The molecule has 0 spiro atoms. The molecule has 0 radical (unpaired) electrons. The molecule has 4 rings (SSSR count). The van der Waals surface area contributed by atoms with Crippen LogP contribution in [0.5, 0.6) is 0 Å². The molecule has 7 nitrogen and oxygen atoms in total. The number of carbonyl (C=O) groups is 1. The van der Waals surface area contributed by atoms with E-state index in [1.807, 2.05) is 17.3 Å². The Bertz CT molecular complexity index is 692. The van der Waals surface area contributed by atoms with Crippen LogP contribution in [0.15, 0.2) is 31.1 Å². The van der Waals surface area contributed by atoms with Crippen molar-refractivity contribution >= 4 is 11.9 Å². The quantitative estimate of drug-likeness (QED) is 0.923. The number of rotatable bonds is 4. The van der Waals surface area contributed by atoms with Crippen LogP contribution in [0.3, 0.4) is 0 Å². The Balaban J connectivity index is 1.47. The van der Waals surface area contributed by atoms with Gasteiger partial charge < -0.3 is 10.2 Å². The van der Waals surface area contributed by atoms with Gasteiger partial charge in [0.05, 0.1) is 11.1 Å². The summed E-state index contributed by atoms with van der Waals surface area (Å²) < 4.78 is 0. The summed E-state index contributed by atoms with van der Waals surface area (Å²) in [7, 11) is 0. The van der Waals surface area contributed by atoms with E-state index in [-0.39, 0.29) is 11.4 Å². The first-order valence-electron chi connectivity index (χ1n) is 7.92. The molecule has 118 valence electrons. The van der Waals surface area contributed by atoms with Gasteiger partial charge in [-0.2, -0.15) is 0 Å². The van der Waals surface area contributed by atoms with Gasteiger partial charge in [0.15, 0.2) is 0 Å². The van der Waals surface area contributed by atoms with Crippen molar-refractivity contribution in [2.24, 2.45) is 0 Å². The summed E-state index contributed by atoms with van der Waals surface area (Å²) in [6, 6.07) is 0. The largest absolute Gasteiger partial charge is 0.345 e. The van der Waals surface area contributed by atoms with Gasteiger partial charge in [-0.3, -0.25) is 4.79 Å². The van der Waals surface area contributed by atoms with E-state index >= 15 is 0 Å². The monoisotopic (exact) mass is 310 g/mol. The van der Waals surface area contributed by atoms with Crippen LogP contribution in [0, 0.1) is 0 Å². The fourth-order valence-electron chi connectivity index (χ4n) is 2.98. The second-order valence-corrected chi connectivity index (χ2v) is 6.13. The Morgan fingerprint density at radius 1 is 1.04 bits per heavy atom. The molecule has 23 heavy (non-hydrogen) atoms. The zero-order valence-electron chi connectivity index (χ0n) is 12.8. The minimum atomic E-state index is -0.165. The van der Waals surface area contributed by atoms with Crippen molar-refractivity contribution in [2.75, 3.05) is 18.4 Å². The molecule has 1 saturated heterocycles. The van der Waals surface area contributed by atoms with Gasteiger partial charge in [-0.15, -0.1) is 0 Å². The highest BCUT2D eigenvalue weighted by Crippen LogP contribution is 2.47. The first-order chi connectivity index (χ1) is 11.3. The van der Waals surface area contributed by atoms with E-state index in [1.54, 1.807) is 12.4 Å². The molecule has 2 aliphatic rings. The fourth-order valence-corrected chi connectivity index (χ4v) is 2.98. The number of nitrogens with zero attached hydrogens (tertiary/aromatic N) is 5. The van der Waals surface area contributed by atoms with Crippen molar-refractivity contribution in [3.63, 3.8) is 0 Å². The van der Waals surface area contributed by atoms with Crippen molar-refractivity contribution in [3.05, 3.63) is 42.2 Å². The van der Waals surface area contributed by atoms with Crippen LogP contribution in [0.1, 0.15) is 41.6 Å². The molecule has 3 heterocycles. The van der Waals surface area contributed by atoms with E-state index in [2.05, 4.69) is 25.3 Å². The van der Waals surface area contributed by atoms with Gasteiger partial charge in [0.25, 0.3) is 5.91 Å². The molecule has 1 saturated carbocycles. The molecular weight excluding hydrogens is 292 g/mol. The summed E-state index contributed by atoms with van der Waals surface area (Å²) in [5.74, 6) is 0.552. The number of hydrogen-bond donors (Lipinski definition) is 1. The van der Waals surface area contributed by atoms with Gasteiger partial charge in [-0.25, -0.2) is 19.9 Å². The Kier molecular flexibility index (Phi) is 3.40. The summed E-state index contributed by atoms with van der Waals surface area (Å²) in [6.07, 6.45) is 12.5. The van der Waals surface area contributed by atoms with Crippen molar-refractivity contribution in [1.82, 2.24) is 24.8 Å². The summed E-state index contributed by atoms with van der Waals surface area (Å²) in [5, 5.41) is 3.35. The van der Waals surface area contributed by atoms with Crippen LogP contribution < -0.4 is 5.32 Å². The summed E-state index contributed by atoms with van der Waals surface area (Å²) in [4.78, 5) is 30.9. The molecule has 2 aromatic rings. The number of nitrogens with one attached hydrogen (secondary N) is 1. The van der Waals surface area contributed by atoms with E-state index in [9.17, 15) is 4.79 Å². The Morgan fingerprint density at radius 2 is 1.70 bits per heavy atom. The summed E-state index contributed by atoms with van der Waals surface area (Å²) in [5.41, 5.74) is 1.42. The van der Waals surface area contributed by atoms with Crippen molar-refractivity contribution in [1.29, 1.82) is 0 Å². The predicted octanol–water partition coefficient (Wildman–Crippen LogP) is 1.60. The Labute approximate surface area is 134 Å². The highest BCUT2D eigenvalue weighted by molar-refractivity contribution is 5.93. The normalized spacial score (nSPS) is 18.7. The van der Waals surface area contributed by atoms with Crippen LogP contribution in [-0.2, 0) is 5.54 Å². The Hall–Kier alpha value is -2.57. The van der Waals surface area contributed by atoms with E-state index < -0.39 is 0 Å². The van der Waals surface area contributed by atoms with Gasteiger partial charge in [-0.1, -0.05) is 0 Å². The predicted molar refractivity (Wildman–Crippen MR) is 83.7 cm³/mol. The minimum absolute atomic E-state index is 0.0200. The molecular formula is C16H18N6O. The van der Waals surface area contributed by atoms with Crippen LogP contribution in [0.25, 0.3) is 0 Å². The number of aromatic nitrogens is 4. The number of anilines is 1. The highest BCUT2D eigenvalue weighted by Gasteiger charge is 2.45. The van der Waals surface area contributed by atoms with Crippen LogP contribution in [0.4, 0.5) is 5.95 Å². The lowest BCUT2D eigenvalue weighted by molar-refractivity contribution is 0.0792. The maximum atomic E-state index is 12.3. The van der Waals surface area contributed by atoms with Crippen molar-refractivity contribution in [2.45, 2.75) is 31.2 Å². The van der Waals surface area contributed by atoms with E-state index in [1.165, 1.54) is 6.33 Å². The molecule has 0 aromatic carbocycles. The summed E-state index contributed by atoms with van der Waals surface area (Å²) >= 11 is 0. The fraction of sp³-hybridized carbons (Fsp3) is 0.438. The van der Waals surface area contributed by atoms with Crippen LogP contribution >= 0.6 is 0 Å². The maximum Gasteiger partial charge on any atom is 0.256 e. The number of amides is 1. The van der Waals surface area contributed by atoms with E-state index in [4.69, 9.17) is 0 Å². The minimum Gasteiger partial charge on any atom is -0.345 e. The molecule has 0 bridgehead atoms. The van der Waals surface area contributed by atoms with Crippen molar-refractivity contribution in [3.8, 4) is 0 Å². The third-order valence-electron chi connectivity index (χ3n) is 4.51. The van der Waals surface area contributed by atoms with Gasteiger partial charge in [0.1, 0.15) is 6.33 Å². The number of likely N-dealkylation sites (tertiary alicyclic amines) is 1. The van der Waals surface area contributed by atoms with Gasteiger partial charge >= 0.3 is 0 Å². The zero-order chi connectivity index (χ0) is 15.7. The molecule has 1 aliphatic heterocycles. The van der Waals surface area contributed by atoms with Crippen molar-refractivity contribution < 1.29 is 4.79 Å². The third kappa shape index (κ3) is 2.74. The van der Waals surface area contributed by atoms with Crippen LogP contribution in [-0.4, -0.2) is 43.8 Å². The summed E-state index contributed by atoms with van der Waals surface area (Å²) in [6.45, 7) is 1.66. The molecule has 2 fully saturated rings. The molecule has 7 heteroatoms. The number of hydrogen-bond acceptors (Lipinski definition) is 6. The average molecular weight is 310 g/mol.